The van der Waals surface area contributed by atoms with Gasteiger partial charge in [0.15, 0.2) is 0 Å². The zero-order valence-electron chi connectivity index (χ0n) is 9.93. The van der Waals surface area contributed by atoms with Crippen molar-refractivity contribution in [3.8, 4) is 0 Å². The minimum absolute atomic E-state index is 0.0543. The molecule has 0 fully saturated rings. The highest BCUT2D eigenvalue weighted by atomic mass is 16.4. The van der Waals surface area contributed by atoms with Crippen LogP contribution in [0.25, 0.3) is 0 Å². The van der Waals surface area contributed by atoms with Gasteiger partial charge in [0.25, 0.3) is 0 Å². The Bertz CT molecular complexity index is 327. The third kappa shape index (κ3) is 6.71. The number of nitrogens with one attached hydrogen (secondary N) is 1. The summed E-state index contributed by atoms with van der Waals surface area (Å²) in [5.41, 5.74) is 6.91. The van der Waals surface area contributed by atoms with E-state index in [9.17, 15) is 4.79 Å². The third-order valence-corrected chi connectivity index (χ3v) is 2.54. The second-order valence-corrected chi connectivity index (χ2v) is 4.16. The zero-order chi connectivity index (χ0) is 12.5. The van der Waals surface area contributed by atoms with Gasteiger partial charge in [-0.2, -0.15) is 0 Å². The van der Waals surface area contributed by atoms with Gasteiger partial charge in [0, 0.05) is 12.6 Å². The van der Waals surface area contributed by atoms with E-state index in [0.717, 1.165) is 25.9 Å². The Morgan fingerprint density at radius 1 is 1.35 bits per heavy atom. The predicted octanol–water partition coefficient (Wildman–Crippen LogP) is 1.36. The van der Waals surface area contributed by atoms with Crippen LogP contribution in [0, 0.1) is 0 Å². The van der Waals surface area contributed by atoms with Crippen LogP contribution >= 0.6 is 0 Å². The fourth-order valence-electron chi connectivity index (χ4n) is 1.64. The molecule has 0 aromatic heterocycles. The first kappa shape index (κ1) is 13.7. The Balaban J connectivity index is 2.03. The molecule has 1 aromatic rings. The fourth-order valence-corrected chi connectivity index (χ4v) is 1.64. The molecule has 0 aliphatic heterocycles. The molecule has 0 amide bonds. The van der Waals surface area contributed by atoms with E-state index in [0.29, 0.717) is 0 Å². The van der Waals surface area contributed by atoms with Gasteiger partial charge >= 0.3 is 5.97 Å². The fraction of sp³-hybridized carbons (Fsp3) is 0.462. The highest BCUT2D eigenvalue weighted by Gasteiger charge is 2.06. The topological polar surface area (TPSA) is 75.3 Å². The van der Waals surface area contributed by atoms with Gasteiger partial charge < -0.3 is 16.2 Å². The quantitative estimate of drug-likeness (QED) is 0.596. The molecular weight excluding hydrogens is 216 g/mol. The Kier molecular flexibility index (Phi) is 6.29. The molecule has 4 N–H and O–H groups in total. The molecule has 0 bridgehead atoms. The van der Waals surface area contributed by atoms with Crippen molar-refractivity contribution >= 4 is 5.97 Å². The van der Waals surface area contributed by atoms with Crippen LogP contribution in [0.5, 0.6) is 0 Å². The van der Waals surface area contributed by atoms with Gasteiger partial charge in [0.1, 0.15) is 0 Å². The average molecular weight is 236 g/mol. The molecule has 0 saturated carbocycles. The van der Waals surface area contributed by atoms with Crippen molar-refractivity contribution in [1.29, 1.82) is 0 Å². The molecule has 4 heteroatoms. The van der Waals surface area contributed by atoms with E-state index in [1.54, 1.807) is 0 Å². The number of aliphatic carboxylic acids is 1. The first-order valence-corrected chi connectivity index (χ1v) is 5.90. The maximum Gasteiger partial charge on any atom is 0.304 e. The van der Waals surface area contributed by atoms with E-state index in [-0.39, 0.29) is 12.5 Å². The summed E-state index contributed by atoms with van der Waals surface area (Å²) >= 11 is 0. The van der Waals surface area contributed by atoms with Gasteiger partial charge in [0.2, 0.25) is 0 Å². The van der Waals surface area contributed by atoms with E-state index in [1.165, 1.54) is 5.56 Å². The molecule has 0 heterocycles. The van der Waals surface area contributed by atoms with Crippen LogP contribution in [0.15, 0.2) is 30.3 Å². The summed E-state index contributed by atoms with van der Waals surface area (Å²) in [4.78, 5) is 10.4. The SMILES string of the molecule is NC(CCCNCc1ccccc1)CC(=O)O. The van der Waals surface area contributed by atoms with Crippen LogP contribution in [-0.4, -0.2) is 23.7 Å². The summed E-state index contributed by atoms with van der Waals surface area (Å²) < 4.78 is 0. The Labute approximate surface area is 102 Å². The van der Waals surface area contributed by atoms with Crippen molar-refractivity contribution in [2.45, 2.75) is 31.8 Å². The van der Waals surface area contributed by atoms with E-state index in [1.807, 2.05) is 18.2 Å². The second-order valence-electron chi connectivity index (χ2n) is 4.16. The summed E-state index contributed by atoms with van der Waals surface area (Å²) in [7, 11) is 0. The van der Waals surface area contributed by atoms with Gasteiger partial charge in [0.05, 0.1) is 6.42 Å². The minimum atomic E-state index is -0.824. The summed E-state index contributed by atoms with van der Waals surface area (Å²) in [6.07, 6.45) is 1.70. The van der Waals surface area contributed by atoms with Gasteiger partial charge in [-0.3, -0.25) is 4.79 Å². The van der Waals surface area contributed by atoms with Crippen LogP contribution in [-0.2, 0) is 11.3 Å². The maximum absolute atomic E-state index is 10.4. The van der Waals surface area contributed by atoms with Crippen LogP contribution in [0.2, 0.25) is 0 Å². The number of nitrogens with two attached hydrogens (primary N) is 1. The highest BCUT2D eigenvalue weighted by molar-refractivity contribution is 5.67. The molecule has 1 rings (SSSR count). The van der Waals surface area contributed by atoms with Crippen molar-refractivity contribution in [3.05, 3.63) is 35.9 Å². The molecule has 94 valence electrons. The van der Waals surface area contributed by atoms with Gasteiger partial charge in [-0.25, -0.2) is 0 Å². The lowest BCUT2D eigenvalue weighted by Gasteiger charge is -2.09. The second kappa shape index (κ2) is 7.81. The molecule has 0 aliphatic carbocycles. The third-order valence-electron chi connectivity index (χ3n) is 2.54. The number of benzene rings is 1. The number of carboxylic acid groups (broad SMARTS) is 1. The van der Waals surface area contributed by atoms with Crippen molar-refractivity contribution in [2.75, 3.05) is 6.54 Å². The lowest BCUT2D eigenvalue weighted by molar-refractivity contribution is -0.137. The molecule has 0 saturated heterocycles. The molecule has 0 spiro atoms. The van der Waals surface area contributed by atoms with Gasteiger partial charge in [-0.15, -0.1) is 0 Å². The standard InChI is InChI=1S/C13H20N2O2/c14-12(9-13(16)17)7-4-8-15-10-11-5-2-1-3-6-11/h1-3,5-6,12,15H,4,7-10,14H2,(H,16,17). The largest absolute Gasteiger partial charge is 0.481 e. The van der Waals surface area contributed by atoms with Crippen LogP contribution in [0.3, 0.4) is 0 Å². The molecule has 1 aromatic carbocycles. The van der Waals surface area contributed by atoms with Gasteiger partial charge in [-0.05, 0) is 24.9 Å². The van der Waals surface area contributed by atoms with Crippen molar-refractivity contribution in [1.82, 2.24) is 5.32 Å². The van der Waals surface area contributed by atoms with E-state index in [2.05, 4.69) is 17.4 Å². The van der Waals surface area contributed by atoms with E-state index >= 15 is 0 Å². The van der Waals surface area contributed by atoms with Gasteiger partial charge in [-0.1, -0.05) is 30.3 Å². The summed E-state index contributed by atoms with van der Waals surface area (Å²) in [6.45, 7) is 1.71. The molecule has 4 nitrogen and oxygen atoms in total. The van der Waals surface area contributed by atoms with E-state index < -0.39 is 5.97 Å². The van der Waals surface area contributed by atoms with Crippen LogP contribution in [0.4, 0.5) is 0 Å². The lowest BCUT2D eigenvalue weighted by Crippen LogP contribution is -2.25. The number of hydrogen-bond donors (Lipinski definition) is 3. The first-order chi connectivity index (χ1) is 8.18. The lowest BCUT2D eigenvalue weighted by atomic mass is 10.1. The maximum atomic E-state index is 10.4. The first-order valence-electron chi connectivity index (χ1n) is 5.90. The molecule has 1 atom stereocenters. The molecule has 1 unspecified atom stereocenters. The summed E-state index contributed by atoms with van der Waals surface area (Å²) in [5, 5.41) is 11.8. The monoisotopic (exact) mass is 236 g/mol. The Morgan fingerprint density at radius 2 is 2.06 bits per heavy atom. The predicted molar refractivity (Wildman–Crippen MR) is 67.6 cm³/mol. The number of carbonyl (C=O) groups is 1. The normalized spacial score (nSPS) is 12.3. The Morgan fingerprint density at radius 3 is 2.71 bits per heavy atom. The zero-order valence-corrected chi connectivity index (χ0v) is 9.93. The highest BCUT2D eigenvalue weighted by Crippen LogP contribution is 2.00. The average Bonchev–Trinajstić information content (AvgIpc) is 2.29. The van der Waals surface area contributed by atoms with Crippen molar-refractivity contribution in [3.63, 3.8) is 0 Å². The number of hydrogen-bond acceptors (Lipinski definition) is 3. The van der Waals surface area contributed by atoms with Crippen molar-refractivity contribution in [2.24, 2.45) is 5.73 Å². The summed E-state index contributed by atoms with van der Waals surface area (Å²) in [5.74, 6) is -0.824. The van der Waals surface area contributed by atoms with Crippen molar-refractivity contribution < 1.29 is 9.90 Å². The summed E-state index contributed by atoms with van der Waals surface area (Å²) in [6, 6.07) is 9.94. The molecule has 0 aliphatic rings. The minimum Gasteiger partial charge on any atom is -0.481 e. The molecular formula is C13H20N2O2. The van der Waals surface area contributed by atoms with Crippen LogP contribution < -0.4 is 11.1 Å². The molecule has 0 radical (unpaired) electrons. The van der Waals surface area contributed by atoms with Crippen LogP contribution in [0.1, 0.15) is 24.8 Å². The Hall–Kier alpha value is -1.39. The molecule has 17 heavy (non-hydrogen) atoms. The number of carboxylic acids is 1. The van der Waals surface area contributed by atoms with E-state index in [4.69, 9.17) is 10.8 Å². The smallest absolute Gasteiger partial charge is 0.304 e. The number of rotatable bonds is 8.